The van der Waals surface area contributed by atoms with Crippen molar-refractivity contribution in [1.29, 1.82) is 0 Å². The predicted molar refractivity (Wildman–Crippen MR) is 136 cm³/mol. The van der Waals surface area contributed by atoms with E-state index in [4.69, 9.17) is 9.41 Å². The van der Waals surface area contributed by atoms with Crippen molar-refractivity contribution in [2.45, 2.75) is 25.4 Å². The van der Waals surface area contributed by atoms with Crippen molar-refractivity contribution < 1.29 is 9.21 Å². The third kappa shape index (κ3) is 4.33. The molecule has 0 spiro atoms. The molecule has 1 fully saturated rings. The monoisotopic (exact) mass is 463 g/mol. The highest BCUT2D eigenvalue weighted by atomic mass is 16.4. The van der Waals surface area contributed by atoms with Crippen LogP contribution in [0.1, 0.15) is 29.5 Å². The van der Waals surface area contributed by atoms with E-state index in [1.165, 1.54) is 18.5 Å². The van der Waals surface area contributed by atoms with Gasteiger partial charge in [0.1, 0.15) is 0 Å². The van der Waals surface area contributed by atoms with E-state index in [9.17, 15) is 4.79 Å². The first-order chi connectivity index (χ1) is 17.2. The molecule has 2 aliphatic heterocycles. The van der Waals surface area contributed by atoms with Crippen molar-refractivity contribution >= 4 is 23.2 Å². The Morgan fingerprint density at radius 1 is 0.829 bits per heavy atom. The predicted octanol–water partition coefficient (Wildman–Crippen LogP) is 4.74. The van der Waals surface area contributed by atoms with Crippen molar-refractivity contribution in [2.75, 3.05) is 23.3 Å². The van der Waals surface area contributed by atoms with E-state index in [-0.39, 0.29) is 18.2 Å². The lowest BCUT2D eigenvalue weighted by Gasteiger charge is -2.17. The normalized spacial score (nSPS) is 17.6. The van der Waals surface area contributed by atoms with Crippen LogP contribution in [-0.4, -0.2) is 40.9 Å². The second kappa shape index (κ2) is 9.18. The molecule has 4 aromatic rings. The summed E-state index contributed by atoms with van der Waals surface area (Å²) in [7, 11) is 0. The Kier molecular flexibility index (Phi) is 5.58. The highest BCUT2D eigenvalue weighted by Gasteiger charge is 2.27. The summed E-state index contributed by atoms with van der Waals surface area (Å²) in [5.41, 5.74) is 5.67. The minimum Gasteiger partial charge on any atom is -0.403 e. The molecule has 0 amide bonds. The summed E-state index contributed by atoms with van der Waals surface area (Å²) >= 11 is 0. The van der Waals surface area contributed by atoms with Gasteiger partial charge in [0.05, 0.1) is 5.71 Å². The van der Waals surface area contributed by atoms with Gasteiger partial charge < -0.3 is 14.6 Å². The molecule has 0 radical (unpaired) electrons. The highest BCUT2D eigenvalue weighted by Crippen LogP contribution is 2.27. The number of carbonyl (C=O) groups is 1. The number of Topliss-reactive ketones (excluding diaryl/α,β-unsaturated/α-hetero) is 1. The first-order valence-electron chi connectivity index (χ1n) is 11.9. The molecule has 174 valence electrons. The van der Waals surface area contributed by atoms with Gasteiger partial charge in [-0.15, -0.1) is 5.10 Å². The van der Waals surface area contributed by atoms with E-state index in [1.54, 1.807) is 0 Å². The maximum atomic E-state index is 13.1. The van der Waals surface area contributed by atoms with Crippen LogP contribution in [0.5, 0.6) is 0 Å². The van der Waals surface area contributed by atoms with E-state index in [0.29, 0.717) is 5.89 Å². The van der Waals surface area contributed by atoms with Gasteiger partial charge in [-0.05, 0) is 42.7 Å². The van der Waals surface area contributed by atoms with Crippen molar-refractivity contribution in [3.63, 3.8) is 0 Å². The van der Waals surface area contributed by atoms with Crippen molar-refractivity contribution in [2.24, 2.45) is 4.99 Å². The largest absolute Gasteiger partial charge is 0.403 e. The molecule has 6 rings (SSSR count). The molecule has 1 atom stereocenters. The number of ketones is 1. The molecule has 1 aromatic heterocycles. The molecule has 2 aliphatic rings. The van der Waals surface area contributed by atoms with Crippen LogP contribution in [-0.2, 0) is 11.2 Å². The second-order valence-electron chi connectivity index (χ2n) is 8.84. The topological polar surface area (TPSA) is 83.6 Å². The van der Waals surface area contributed by atoms with Gasteiger partial charge in [-0.3, -0.25) is 9.79 Å². The van der Waals surface area contributed by atoms with Crippen LogP contribution < -0.4 is 10.2 Å². The standard InChI is InChI=1S/C28H25N5O2/c34-24-18-21-10-4-5-11-23(21)25(19-8-2-1-3-9-19)29-26(24)30-28-32-31-27(35-28)20-12-14-22(15-13-20)33-16-6-7-17-33/h1-5,8-15,26H,6-7,16-18H2,(H,30,32)/t26-/m1/s1. The SMILES string of the molecule is O=C1Cc2ccccc2C(c2ccccc2)=N[C@@H]1Nc1nnc(-c2ccc(N3CCCC3)cc2)o1. The molecule has 7 nitrogen and oxygen atoms in total. The minimum absolute atomic E-state index is 0.0573. The third-order valence-corrected chi connectivity index (χ3v) is 6.52. The van der Waals surface area contributed by atoms with Gasteiger partial charge in [0.25, 0.3) is 0 Å². The van der Waals surface area contributed by atoms with Crippen LogP contribution in [0.4, 0.5) is 11.7 Å². The third-order valence-electron chi connectivity index (χ3n) is 6.52. The molecule has 0 bridgehead atoms. The van der Waals surface area contributed by atoms with Gasteiger partial charge in [0, 0.05) is 41.9 Å². The van der Waals surface area contributed by atoms with Crippen molar-refractivity contribution in [3.05, 3.63) is 95.6 Å². The van der Waals surface area contributed by atoms with Gasteiger partial charge in [-0.2, -0.15) is 0 Å². The zero-order chi connectivity index (χ0) is 23.6. The molecule has 3 aromatic carbocycles. The Bertz CT molecular complexity index is 1370. The summed E-state index contributed by atoms with van der Waals surface area (Å²) in [6, 6.07) is 26.1. The summed E-state index contributed by atoms with van der Waals surface area (Å²) < 4.78 is 5.88. The van der Waals surface area contributed by atoms with Gasteiger partial charge in [-0.1, -0.05) is 59.7 Å². The fourth-order valence-electron chi connectivity index (χ4n) is 4.70. The molecule has 0 unspecified atom stereocenters. The van der Waals surface area contributed by atoms with Crippen molar-refractivity contribution in [1.82, 2.24) is 10.2 Å². The lowest BCUT2D eigenvalue weighted by atomic mass is 9.96. The Morgan fingerprint density at radius 2 is 1.57 bits per heavy atom. The number of carbonyl (C=O) groups excluding carboxylic acids is 1. The molecule has 7 heteroatoms. The summed E-state index contributed by atoms with van der Waals surface area (Å²) in [6.07, 6.45) is 1.91. The molecular formula is C28H25N5O2. The van der Waals surface area contributed by atoms with Gasteiger partial charge in [-0.25, -0.2) is 0 Å². The van der Waals surface area contributed by atoms with Crippen molar-refractivity contribution in [3.8, 4) is 11.5 Å². The Labute approximate surface area is 203 Å². The van der Waals surface area contributed by atoms with Gasteiger partial charge in [0.2, 0.25) is 5.89 Å². The summed E-state index contributed by atoms with van der Waals surface area (Å²) in [4.78, 5) is 20.3. The average molecular weight is 464 g/mol. The number of hydrogen-bond acceptors (Lipinski definition) is 7. The first kappa shape index (κ1) is 21.3. The number of fused-ring (bicyclic) bond motifs is 1. The van der Waals surface area contributed by atoms with Gasteiger partial charge in [0.15, 0.2) is 11.9 Å². The highest BCUT2D eigenvalue weighted by molar-refractivity contribution is 6.16. The molecule has 0 aliphatic carbocycles. The number of anilines is 2. The Balaban J connectivity index is 1.27. The van der Waals surface area contributed by atoms with E-state index >= 15 is 0 Å². The molecule has 1 N–H and O–H groups in total. The fraction of sp³-hybridized carbons (Fsp3) is 0.214. The number of aliphatic imine (C=N–C) groups is 1. The number of nitrogens with zero attached hydrogens (tertiary/aromatic N) is 4. The molecule has 0 saturated carbocycles. The van der Waals surface area contributed by atoms with E-state index in [0.717, 1.165) is 41.1 Å². The van der Waals surface area contributed by atoms with Crippen LogP contribution in [0.15, 0.2) is 88.3 Å². The summed E-state index contributed by atoms with van der Waals surface area (Å²) in [6.45, 7) is 2.19. The maximum Gasteiger partial charge on any atom is 0.317 e. The molecule has 1 saturated heterocycles. The molecular weight excluding hydrogens is 438 g/mol. The van der Waals surface area contributed by atoms with Crippen LogP contribution in [0, 0.1) is 0 Å². The summed E-state index contributed by atoms with van der Waals surface area (Å²) in [5.74, 6) is 0.343. The van der Waals surface area contributed by atoms with Crippen LogP contribution in [0.3, 0.4) is 0 Å². The number of benzene rings is 3. The average Bonchev–Trinajstić information content (AvgIpc) is 3.58. The zero-order valence-electron chi connectivity index (χ0n) is 19.2. The fourth-order valence-corrected chi connectivity index (χ4v) is 4.70. The second-order valence-corrected chi connectivity index (χ2v) is 8.84. The number of rotatable bonds is 5. The first-order valence-corrected chi connectivity index (χ1v) is 11.9. The number of aromatic nitrogens is 2. The van der Waals surface area contributed by atoms with Crippen LogP contribution in [0.25, 0.3) is 11.5 Å². The van der Waals surface area contributed by atoms with Crippen LogP contribution in [0.2, 0.25) is 0 Å². The minimum atomic E-state index is -0.830. The number of hydrogen-bond donors (Lipinski definition) is 1. The lowest BCUT2D eigenvalue weighted by molar-refractivity contribution is -0.119. The summed E-state index contributed by atoms with van der Waals surface area (Å²) in [5, 5.41) is 11.4. The van der Waals surface area contributed by atoms with Gasteiger partial charge >= 0.3 is 6.01 Å². The Morgan fingerprint density at radius 3 is 2.37 bits per heavy atom. The molecule has 3 heterocycles. The van der Waals surface area contributed by atoms with E-state index in [2.05, 4.69) is 32.5 Å². The quantitative estimate of drug-likeness (QED) is 0.460. The van der Waals surface area contributed by atoms with E-state index < -0.39 is 6.17 Å². The Hall–Kier alpha value is -4.26. The lowest BCUT2D eigenvalue weighted by Crippen LogP contribution is -2.29. The maximum absolute atomic E-state index is 13.1. The zero-order valence-corrected chi connectivity index (χ0v) is 19.2. The van der Waals surface area contributed by atoms with E-state index in [1.807, 2.05) is 66.7 Å². The number of nitrogens with one attached hydrogen (secondary N) is 1. The molecule has 35 heavy (non-hydrogen) atoms. The van der Waals surface area contributed by atoms with Crippen LogP contribution >= 0.6 is 0 Å². The smallest absolute Gasteiger partial charge is 0.317 e.